The van der Waals surface area contributed by atoms with Gasteiger partial charge in [-0.15, -0.1) is 0 Å². The molecule has 3 N–H and O–H groups in total. The lowest BCUT2D eigenvalue weighted by atomic mass is 10.1. The summed E-state index contributed by atoms with van der Waals surface area (Å²) in [6.45, 7) is 2.30. The molecule has 1 saturated heterocycles. The summed E-state index contributed by atoms with van der Waals surface area (Å²) in [5.74, 6) is 1.28. The van der Waals surface area contributed by atoms with Gasteiger partial charge in [-0.2, -0.15) is 0 Å². The highest BCUT2D eigenvalue weighted by atomic mass is 32.2. The van der Waals surface area contributed by atoms with E-state index in [9.17, 15) is 8.42 Å². The van der Waals surface area contributed by atoms with Crippen LogP contribution in [0.2, 0.25) is 0 Å². The number of rotatable bonds is 2. The lowest BCUT2D eigenvalue weighted by Crippen LogP contribution is -2.05. The van der Waals surface area contributed by atoms with E-state index in [0.29, 0.717) is 13.0 Å². The van der Waals surface area contributed by atoms with Crippen molar-refractivity contribution < 1.29 is 8.42 Å². The second-order valence-corrected chi connectivity index (χ2v) is 6.23. The molecule has 15 heavy (non-hydrogen) atoms. The van der Waals surface area contributed by atoms with Gasteiger partial charge in [0.1, 0.15) is 5.82 Å². The Morgan fingerprint density at radius 1 is 1.60 bits per heavy atom. The Morgan fingerprint density at radius 2 is 2.33 bits per heavy atom. The molecular weight excluding hydrogens is 214 g/mol. The fourth-order valence-corrected chi connectivity index (χ4v) is 3.67. The highest BCUT2D eigenvalue weighted by molar-refractivity contribution is 7.91. The molecule has 0 saturated carbocycles. The summed E-state index contributed by atoms with van der Waals surface area (Å²) in [5, 5.41) is 0. The molecule has 1 atom stereocenters. The first-order valence-corrected chi connectivity index (χ1v) is 6.80. The monoisotopic (exact) mass is 229 g/mol. The van der Waals surface area contributed by atoms with Gasteiger partial charge in [0.25, 0.3) is 0 Å². The zero-order chi connectivity index (χ0) is 11.1. The largest absolute Gasteiger partial charge is 0.346 e. The Bertz CT molecular complexity index is 464. The molecule has 1 aliphatic rings. The molecule has 1 aliphatic heterocycles. The highest BCUT2D eigenvalue weighted by Crippen LogP contribution is 2.27. The van der Waals surface area contributed by atoms with Gasteiger partial charge in [-0.25, -0.2) is 13.4 Å². The van der Waals surface area contributed by atoms with Crippen LogP contribution in [0.5, 0.6) is 0 Å². The predicted octanol–water partition coefficient (Wildman–Crippen LogP) is 0.0789. The fourth-order valence-electron chi connectivity index (χ4n) is 1.92. The number of nitrogens with zero attached hydrogens (tertiary/aromatic N) is 1. The number of hydrogen-bond acceptors (Lipinski definition) is 4. The van der Waals surface area contributed by atoms with Crippen LogP contribution in [0.4, 0.5) is 0 Å². The summed E-state index contributed by atoms with van der Waals surface area (Å²) in [7, 11) is -2.85. The zero-order valence-corrected chi connectivity index (χ0v) is 9.47. The van der Waals surface area contributed by atoms with Crippen LogP contribution in [-0.2, 0) is 16.4 Å². The first-order chi connectivity index (χ1) is 7.02. The maximum absolute atomic E-state index is 11.3. The van der Waals surface area contributed by atoms with E-state index in [2.05, 4.69) is 9.97 Å². The van der Waals surface area contributed by atoms with Crippen LogP contribution >= 0.6 is 0 Å². The van der Waals surface area contributed by atoms with E-state index >= 15 is 0 Å². The molecule has 0 spiro atoms. The fraction of sp³-hybridized carbons (Fsp3) is 0.667. The Morgan fingerprint density at radius 3 is 2.80 bits per heavy atom. The van der Waals surface area contributed by atoms with Crippen molar-refractivity contribution >= 4 is 9.84 Å². The van der Waals surface area contributed by atoms with Crippen LogP contribution in [-0.4, -0.2) is 29.9 Å². The van der Waals surface area contributed by atoms with Crippen molar-refractivity contribution in [1.82, 2.24) is 9.97 Å². The Hall–Kier alpha value is -0.880. The average molecular weight is 229 g/mol. The van der Waals surface area contributed by atoms with Gasteiger partial charge in [0.05, 0.1) is 17.2 Å². The number of hydrogen-bond donors (Lipinski definition) is 2. The van der Waals surface area contributed by atoms with Crippen molar-refractivity contribution in [2.75, 3.05) is 11.5 Å². The second-order valence-electron chi connectivity index (χ2n) is 4.00. The van der Waals surface area contributed by atoms with Gasteiger partial charge in [-0.3, -0.25) is 0 Å². The molecule has 0 bridgehead atoms. The quantitative estimate of drug-likeness (QED) is 0.751. The van der Waals surface area contributed by atoms with Gasteiger partial charge in [-0.1, -0.05) is 0 Å². The second kappa shape index (κ2) is 3.61. The molecule has 0 radical (unpaired) electrons. The van der Waals surface area contributed by atoms with Gasteiger partial charge in [0.15, 0.2) is 9.84 Å². The molecule has 0 aromatic carbocycles. The maximum Gasteiger partial charge on any atom is 0.151 e. The maximum atomic E-state index is 11.3. The number of nitrogens with two attached hydrogens (primary N) is 1. The molecule has 1 aromatic heterocycles. The number of aromatic nitrogens is 2. The first kappa shape index (κ1) is 10.6. The molecular formula is C9H15N3O2S. The third-order valence-electron chi connectivity index (χ3n) is 2.82. The Labute approximate surface area is 89.0 Å². The standard InChI is InChI=1S/C9H15N3O2S/c1-6-8(4-10)12-9(11-6)7-2-3-15(13,14)5-7/h7H,2-5,10H2,1H3,(H,11,12). The van der Waals surface area contributed by atoms with Gasteiger partial charge in [-0.05, 0) is 13.3 Å². The van der Waals surface area contributed by atoms with E-state index in [-0.39, 0.29) is 17.4 Å². The summed E-state index contributed by atoms with van der Waals surface area (Å²) in [6.07, 6.45) is 0.666. The smallest absolute Gasteiger partial charge is 0.151 e. The van der Waals surface area contributed by atoms with Gasteiger partial charge in [0.2, 0.25) is 0 Å². The normalized spacial score (nSPS) is 24.5. The minimum Gasteiger partial charge on any atom is -0.346 e. The van der Waals surface area contributed by atoms with Crippen molar-refractivity contribution in [3.8, 4) is 0 Å². The third-order valence-corrected chi connectivity index (χ3v) is 4.58. The van der Waals surface area contributed by atoms with Crippen molar-refractivity contribution in [3.63, 3.8) is 0 Å². The summed E-state index contributed by atoms with van der Waals surface area (Å²) in [4.78, 5) is 7.45. The summed E-state index contributed by atoms with van der Waals surface area (Å²) >= 11 is 0. The van der Waals surface area contributed by atoms with Crippen LogP contribution in [0.1, 0.15) is 29.6 Å². The van der Waals surface area contributed by atoms with Crippen molar-refractivity contribution in [1.29, 1.82) is 0 Å². The number of aryl methyl sites for hydroxylation is 1. The lowest BCUT2D eigenvalue weighted by Gasteiger charge is -2.01. The number of nitrogens with one attached hydrogen (secondary N) is 1. The summed E-state index contributed by atoms with van der Waals surface area (Å²) < 4.78 is 22.6. The third kappa shape index (κ3) is 2.05. The molecule has 0 aliphatic carbocycles. The molecule has 1 unspecified atom stereocenters. The van der Waals surface area contributed by atoms with Gasteiger partial charge < -0.3 is 10.7 Å². The Kier molecular flexibility index (Phi) is 2.56. The number of aromatic amines is 1. The highest BCUT2D eigenvalue weighted by Gasteiger charge is 2.31. The van der Waals surface area contributed by atoms with Crippen LogP contribution < -0.4 is 5.73 Å². The van der Waals surface area contributed by atoms with Gasteiger partial charge in [0, 0.05) is 18.2 Å². The van der Waals surface area contributed by atoms with Crippen LogP contribution in [0, 0.1) is 6.92 Å². The molecule has 6 heteroatoms. The molecule has 5 nitrogen and oxygen atoms in total. The minimum absolute atomic E-state index is 0.0222. The van der Waals surface area contributed by atoms with Crippen molar-refractivity contribution in [2.24, 2.45) is 5.73 Å². The Balaban J connectivity index is 2.24. The van der Waals surface area contributed by atoms with E-state index < -0.39 is 9.84 Å². The topological polar surface area (TPSA) is 88.8 Å². The summed E-state index contributed by atoms with van der Waals surface area (Å²) in [5.41, 5.74) is 7.28. The molecule has 1 aromatic rings. The SMILES string of the molecule is Cc1[nH]c(C2CCS(=O)(=O)C2)nc1CN. The predicted molar refractivity (Wildman–Crippen MR) is 57.2 cm³/mol. The number of H-pyrrole nitrogens is 1. The van der Waals surface area contributed by atoms with Crippen LogP contribution in [0.3, 0.4) is 0 Å². The van der Waals surface area contributed by atoms with E-state index in [1.165, 1.54) is 0 Å². The number of sulfone groups is 1. The van der Waals surface area contributed by atoms with Gasteiger partial charge >= 0.3 is 0 Å². The number of imidazole rings is 1. The van der Waals surface area contributed by atoms with E-state index in [1.54, 1.807) is 0 Å². The zero-order valence-electron chi connectivity index (χ0n) is 8.66. The average Bonchev–Trinajstić information content (AvgIpc) is 2.69. The van der Waals surface area contributed by atoms with E-state index in [0.717, 1.165) is 17.2 Å². The molecule has 1 fully saturated rings. The minimum atomic E-state index is -2.85. The van der Waals surface area contributed by atoms with Crippen molar-refractivity contribution in [2.45, 2.75) is 25.8 Å². The summed E-state index contributed by atoms with van der Waals surface area (Å²) in [6, 6.07) is 0. The van der Waals surface area contributed by atoms with Crippen molar-refractivity contribution in [3.05, 3.63) is 17.2 Å². The molecule has 2 heterocycles. The molecule has 0 amide bonds. The molecule has 84 valence electrons. The van der Waals surface area contributed by atoms with Crippen LogP contribution in [0.15, 0.2) is 0 Å². The van der Waals surface area contributed by atoms with E-state index in [1.807, 2.05) is 6.92 Å². The van der Waals surface area contributed by atoms with E-state index in [4.69, 9.17) is 5.73 Å². The first-order valence-electron chi connectivity index (χ1n) is 4.97. The molecule has 2 rings (SSSR count). The lowest BCUT2D eigenvalue weighted by molar-refractivity contribution is 0.601. The van der Waals surface area contributed by atoms with Crippen LogP contribution in [0.25, 0.3) is 0 Å².